The van der Waals surface area contributed by atoms with Crippen LogP contribution in [-0.4, -0.2) is 67.3 Å². The zero-order valence-electron chi connectivity index (χ0n) is 17.1. The zero-order valence-corrected chi connectivity index (χ0v) is 17.1. The Labute approximate surface area is 174 Å². The summed E-state index contributed by atoms with van der Waals surface area (Å²) in [6, 6.07) is -1.45. The highest BCUT2D eigenvalue weighted by molar-refractivity contribution is 5.82. The third kappa shape index (κ3) is 7.16. The van der Waals surface area contributed by atoms with Crippen molar-refractivity contribution in [3.8, 4) is 0 Å². The number of alkyl halides is 4. The Balaban J connectivity index is 2.29. The highest BCUT2D eigenvalue weighted by Gasteiger charge is 2.63. The van der Waals surface area contributed by atoms with Gasteiger partial charge in [0, 0.05) is 13.1 Å². The third-order valence-corrected chi connectivity index (χ3v) is 4.72. The molecule has 3 amide bonds. The molecular weight excluding hydrogens is 404 g/mol. The Bertz CT molecular complexity index is 669. The highest BCUT2D eigenvalue weighted by Crippen LogP contribution is 2.40. The second-order valence-corrected chi connectivity index (χ2v) is 7.19. The van der Waals surface area contributed by atoms with Crippen LogP contribution in [0.25, 0.3) is 0 Å². The second kappa shape index (κ2) is 11.7. The van der Waals surface area contributed by atoms with Crippen LogP contribution in [0.5, 0.6) is 0 Å². The van der Waals surface area contributed by atoms with Crippen molar-refractivity contribution in [1.29, 1.82) is 0 Å². The van der Waals surface area contributed by atoms with Crippen LogP contribution in [0, 0.1) is 0 Å². The van der Waals surface area contributed by atoms with E-state index in [0.717, 1.165) is 5.57 Å². The van der Waals surface area contributed by atoms with Crippen molar-refractivity contribution < 1.29 is 27.2 Å². The maximum absolute atomic E-state index is 13.9. The number of likely N-dealkylation sites (tertiary alicyclic amines) is 1. The maximum atomic E-state index is 13.9. The van der Waals surface area contributed by atoms with Gasteiger partial charge in [0.25, 0.3) is 0 Å². The van der Waals surface area contributed by atoms with E-state index in [2.05, 4.69) is 17.2 Å². The minimum Gasteiger partial charge on any atom is -0.338 e. The maximum Gasteiger partial charge on any atom is 0.315 e. The molecule has 30 heavy (non-hydrogen) atoms. The minimum absolute atomic E-state index is 0.173. The van der Waals surface area contributed by atoms with Gasteiger partial charge in [0.15, 0.2) is 0 Å². The molecule has 1 saturated heterocycles. The quantitative estimate of drug-likeness (QED) is 0.265. The molecule has 0 aliphatic carbocycles. The largest absolute Gasteiger partial charge is 0.338 e. The van der Waals surface area contributed by atoms with Crippen LogP contribution in [0.2, 0.25) is 0 Å². The lowest BCUT2D eigenvalue weighted by Crippen LogP contribution is -2.45. The van der Waals surface area contributed by atoms with Gasteiger partial charge in [0.1, 0.15) is 6.67 Å². The van der Waals surface area contributed by atoms with Crippen LogP contribution in [-0.2, 0) is 4.79 Å². The molecule has 1 aliphatic rings. The van der Waals surface area contributed by atoms with Crippen LogP contribution in [0.15, 0.2) is 36.5 Å². The molecule has 0 radical (unpaired) electrons. The molecule has 0 aromatic heterocycles. The molecule has 6 nitrogen and oxygen atoms in total. The Morgan fingerprint density at radius 2 is 1.93 bits per heavy atom. The van der Waals surface area contributed by atoms with Crippen molar-refractivity contribution in [2.75, 3.05) is 32.9 Å². The fourth-order valence-electron chi connectivity index (χ4n) is 2.98. The number of unbranched alkanes of at least 4 members (excludes halogenated alkanes) is 1. The molecular formula is C20H30F4N4O2. The van der Waals surface area contributed by atoms with E-state index in [1.54, 1.807) is 12.2 Å². The van der Waals surface area contributed by atoms with Gasteiger partial charge in [0.2, 0.25) is 11.6 Å². The van der Waals surface area contributed by atoms with E-state index in [0.29, 0.717) is 30.8 Å². The van der Waals surface area contributed by atoms with Gasteiger partial charge in [-0.1, -0.05) is 30.9 Å². The van der Waals surface area contributed by atoms with E-state index < -0.39 is 43.3 Å². The van der Waals surface area contributed by atoms with Crippen LogP contribution in [0.1, 0.15) is 26.2 Å². The lowest BCUT2D eigenvalue weighted by Gasteiger charge is -2.21. The number of allylic oxidation sites excluding steroid dienone is 3. The van der Waals surface area contributed by atoms with Gasteiger partial charge in [-0.05, 0) is 31.8 Å². The SMILES string of the molecule is C=C/C=C(\C=C/C)CNC(=O)NCCCCC(N)C(=O)N1CC(F)(F)C(F)(CF)C1. The number of hydrogen-bond acceptors (Lipinski definition) is 3. The van der Waals surface area contributed by atoms with Gasteiger partial charge in [-0.3, -0.25) is 4.79 Å². The summed E-state index contributed by atoms with van der Waals surface area (Å²) in [5.41, 5.74) is 3.23. The van der Waals surface area contributed by atoms with E-state index >= 15 is 0 Å². The van der Waals surface area contributed by atoms with Gasteiger partial charge in [-0.15, -0.1) is 0 Å². The smallest absolute Gasteiger partial charge is 0.315 e. The summed E-state index contributed by atoms with van der Waals surface area (Å²) >= 11 is 0. The molecule has 0 aromatic rings. The summed E-state index contributed by atoms with van der Waals surface area (Å²) < 4.78 is 53.7. The first-order valence-corrected chi connectivity index (χ1v) is 9.73. The standard InChI is InChI=1S/C20H30F4N4O2/c1-3-7-15(8-4-2)11-27-18(30)26-10-6-5-9-16(25)17(29)28-13-19(22,12-21)20(23,24)14-28/h3-4,7-8,16H,1,5-6,9-14,25H2,2H3,(H2,26,27,30)/b8-4-,15-7+. The van der Waals surface area contributed by atoms with Crippen LogP contribution in [0.4, 0.5) is 22.4 Å². The summed E-state index contributed by atoms with van der Waals surface area (Å²) in [5.74, 6) is -4.78. The summed E-state index contributed by atoms with van der Waals surface area (Å²) in [7, 11) is 0. The number of carbonyl (C=O) groups is 2. The molecule has 0 aromatic carbocycles. The molecule has 1 rings (SSSR count). The number of halogens is 4. The number of nitrogens with zero attached hydrogens (tertiary/aromatic N) is 1. The average Bonchev–Trinajstić information content (AvgIpc) is 2.95. The van der Waals surface area contributed by atoms with Gasteiger partial charge < -0.3 is 21.3 Å². The molecule has 0 saturated carbocycles. The highest BCUT2D eigenvalue weighted by atomic mass is 19.3. The van der Waals surface area contributed by atoms with Gasteiger partial charge in [-0.2, -0.15) is 0 Å². The first-order valence-electron chi connectivity index (χ1n) is 9.73. The molecule has 4 N–H and O–H groups in total. The van der Waals surface area contributed by atoms with Crippen LogP contribution in [0.3, 0.4) is 0 Å². The summed E-state index contributed by atoms with van der Waals surface area (Å²) in [6.45, 7) is 2.05. The fourth-order valence-corrected chi connectivity index (χ4v) is 2.98. The fraction of sp³-hybridized carbons (Fsp3) is 0.600. The number of nitrogens with two attached hydrogens (primary N) is 1. The molecule has 1 fully saturated rings. The number of urea groups is 1. The van der Waals surface area contributed by atoms with Gasteiger partial charge in [0.05, 0.1) is 19.1 Å². The van der Waals surface area contributed by atoms with Crippen LogP contribution < -0.4 is 16.4 Å². The molecule has 1 heterocycles. The predicted molar refractivity (Wildman–Crippen MR) is 108 cm³/mol. The Morgan fingerprint density at radius 1 is 1.23 bits per heavy atom. The lowest BCUT2D eigenvalue weighted by atomic mass is 10.0. The minimum atomic E-state index is -3.94. The lowest BCUT2D eigenvalue weighted by molar-refractivity contribution is -0.133. The van der Waals surface area contributed by atoms with Crippen molar-refractivity contribution in [1.82, 2.24) is 15.5 Å². The van der Waals surface area contributed by atoms with Crippen molar-refractivity contribution in [3.63, 3.8) is 0 Å². The van der Waals surface area contributed by atoms with E-state index in [1.165, 1.54) is 0 Å². The van der Waals surface area contributed by atoms with E-state index in [-0.39, 0.29) is 12.5 Å². The molecule has 2 unspecified atom stereocenters. The molecule has 1 aliphatic heterocycles. The normalized spacial score (nSPS) is 22.2. The van der Waals surface area contributed by atoms with Crippen molar-refractivity contribution >= 4 is 11.9 Å². The van der Waals surface area contributed by atoms with Crippen LogP contribution >= 0.6 is 0 Å². The molecule has 0 bridgehead atoms. The number of amides is 3. The molecule has 0 spiro atoms. The second-order valence-electron chi connectivity index (χ2n) is 7.19. The monoisotopic (exact) mass is 434 g/mol. The van der Waals surface area contributed by atoms with Gasteiger partial charge >= 0.3 is 12.0 Å². The zero-order chi connectivity index (χ0) is 22.8. The van der Waals surface area contributed by atoms with E-state index in [9.17, 15) is 27.2 Å². The Morgan fingerprint density at radius 3 is 2.50 bits per heavy atom. The van der Waals surface area contributed by atoms with Gasteiger partial charge in [-0.25, -0.2) is 22.4 Å². The summed E-state index contributed by atoms with van der Waals surface area (Å²) in [4.78, 5) is 24.5. The topological polar surface area (TPSA) is 87.5 Å². The van der Waals surface area contributed by atoms with Crippen molar-refractivity contribution in [2.45, 2.75) is 43.8 Å². The summed E-state index contributed by atoms with van der Waals surface area (Å²) in [6.07, 6.45) is 8.20. The first kappa shape index (κ1) is 25.7. The van der Waals surface area contributed by atoms with Crippen molar-refractivity contribution in [2.24, 2.45) is 5.73 Å². The van der Waals surface area contributed by atoms with E-state index in [4.69, 9.17) is 5.73 Å². The third-order valence-electron chi connectivity index (χ3n) is 4.72. The molecule has 170 valence electrons. The summed E-state index contributed by atoms with van der Waals surface area (Å²) in [5, 5.41) is 5.34. The Hall–Kier alpha value is -2.36. The van der Waals surface area contributed by atoms with E-state index in [1.807, 2.05) is 19.1 Å². The number of hydrogen-bond donors (Lipinski definition) is 3. The predicted octanol–water partition coefficient (Wildman–Crippen LogP) is 2.63. The van der Waals surface area contributed by atoms with Crippen molar-refractivity contribution in [3.05, 3.63) is 36.5 Å². The average molecular weight is 434 g/mol. The Kier molecular flexibility index (Phi) is 10.0. The number of nitrogens with one attached hydrogen (secondary N) is 2. The first-order chi connectivity index (χ1) is 14.1. The number of rotatable bonds is 11. The molecule has 10 heteroatoms. The number of carbonyl (C=O) groups excluding carboxylic acids is 2. The molecule has 2 atom stereocenters.